The minimum Gasteiger partial charge on any atom is -0.462 e. The van der Waals surface area contributed by atoms with Crippen LogP contribution >= 0.6 is 0 Å². The van der Waals surface area contributed by atoms with Crippen LogP contribution in [0.1, 0.15) is 271 Å². The average molecular weight is 948 g/mol. The van der Waals surface area contributed by atoms with E-state index in [0.717, 1.165) is 103 Å². The molecule has 0 saturated carbocycles. The molecule has 0 aliphatic rings. The summed E-state index contributed by atoms with van der Waals surface area (Å²) in [6.45, 7) is 6.47. The van der Waals surface area contributed by atoms with Crippen LogP contribution in [0, 0.1) is 0 Å². The Morgan fingerprint density at radius 1 is 0.309 bits per heavy atom. The maximum Gasteiger partial charge on any atom is 0.306 e. The Labute approximate surface area is 420 Å². The van der Waals surface area contributed by atoms with E-state index in [1.54, 1.807) is 0 Å². The Morgan fingerprint density at radius 3 is 0.971 bits per heavy atom. The van der Waals surface area contributed by atoms with Crippen LogP contribution in [0.5, 0.6) is 0 Å². The molecule has 68 heavy (non-hydrogen) atoms. The fourth-order valence-electron chi connectivity index (χ4n) is 7.86. The number of rotatable bonds is 51. The second kappa shape index (κ2) is 56.2. The number of esters is 3. The Morgan fingerprint density at radius 2 is 0.588 bits per heavy atom. The molecule has 0 aromatic heterocycles. The van der Waals surface area contributed by atoms with Crippen LogP contribution in [0.3, 0.4) is 0 Å². The van der Waals surface area contributed by atoms with Crippen molar-refractivity contribution >= 4 is 17.9 Å². The molecule has 0 spiro atoms. The molecule has 0 N–H and O–H groups in total. The van der Waals surface area contributed by atoms with Crippen molar-refractivity contribution in [1.29, 1.82) is 0 Å². The van der Waals surface area contributed by atoms with Gasteiger partial charge < -0.3 is 14.2 Å². The largest absolute Gasteiger partial charge is 0.462 e. The third-order valence-corrected chi connectivity index (χ3v) is 12.1. The van der Waals surface area contributed by atoms with Crippen LogP contribution in [-0.4, -0.2) is 37.2 Å². The zero-order chi connectivity index (χ0) is 49.3. The van der Waals surface area contributed by atoms with Gasteiger partial charge in [-0.05, 0) is 89.9 Å². The Balaban J connectivity index is 4.48. The van der Waals surface area contributed by atoms with E-state index in [9.17, 15) is 14.4 Å². The predicted octanol–water partition coefficient (Wildman–Crippen LogP) is 19.2. The molecule has 1 atom stereocenters. The Bertz CT molecular complexity index is 1320. The van der Waals surface area contributed by atoms with Gasteiger partial charge in [0.15, 0.2) is 6.10 Å². The average Bonchev–Trinajstić information content (AvgIpc) is 3.34. The van der Waals surface area contributed by atoms with Crippen molar-refractivity contribution in [3.63, 3.8) is 0 Å². The van der Waals surface area contributed by atoms with E-state index in [-0.39, 0.29) is 37.5 Å². The number of hydrogen-bond acceptors (Lipinski definition) is 6. The van der Waals surface area contributed by atoms with E-state index >= 15 is 0 Å². The summed E-state index contributed by atoms with van der Waals surface area (Å²) in [5.41, 5.74) is 0. The van der Waals surface area contributed by atoms with Crippen molar-refractivity contribution in [3.8, 4) is 0 Å². The SMILES string of the molecule is CC/C=C\C/C=C\C/C=C\C/C=C\C/C=C\CCCC(=O)OCC(COC(=O)CCCCCCC/C=C\C/C=C\CCCCCC)OC(=O)CCCCCCCCCCCCCCCCCCC. The smallest absolute Gasteiger partial charge is 0.306 e. The van der Waals surface area contributed by atoms with Crippen LogP contribution in [0.15, 0.2) is 85.1 Å². The number of hydrogen-bond donors (Lipinski definition) is 0. The molecule has 0 bridgehead atoms. The lowest BCUT2D eigenvalue weighted by atomic mass is 10.0. The van der Waals surface area contributed by atoms with Crippen molar-refractivity contribution in [2.24, 2.45) is 0 Å². The molecule has 0 saturated heterocycles. The first kappa shape index (κ1) is 64.6. The van der Waals surface area contributed by atoms with Gasteiger partial charge in [0.1, 0.15) is 13.2 Å². The summed E-state index contributed by atoms with van der Waals surface area (Å²) in [7, 11) is 0. The second-order valence-corrected chi connectivity index (χ2v) is 18.8. The lowest BCUT2D eigenvalue weighted by Crippen LogP contribution is -2.30. The fraction of sp³-hybridized carbons (Fsp3) is 0.726. The molecule has 6 heteroatoms. The molecule has 0 aliphatic carbocycles. The van der Waals surface area contributed by atoms with Crippen LogP contribution < -0.4 is 0 Å². The van der Waals surface area contributed by atoms with Crippen molar-refractivity contribution < 1.29 is 28.6 Å². The van der Waals surface area contributed by atoms with Gasteiger partial charge in [-0.2, -0.15) is 0 Å². The minimum atomic E-state index is -0.804. The lowest BCUT2D eigenvalue weighted by Gasteiger charge is -2.18. The molecule has 0 aliphatic heterocycles. The summed E-state index contributed by atoms with van der Waals surface area (Å²) in [5, 5.41) is 0. The molecule has 390 valence electrons. The Hall–Kier alpha value is -3.41. The van der Waals surface area contributed by atoms with Crippen molar-refractivity contribution in [3.05, 3.63) is 85.1 Å². The summed E-state index contributed by atoms with van der Waals surface area (Å²) in [6.07, 6.45) is 72.9. The van der Waals surface area contributed by atoms with Gasteiger partial charge >= 0.3 is 17.9 Å². The van der Waals surface area contributed by atoms with Crippen molar-refractivity contribution in [2.75, 3.05) is 13.2 Å². The highest BCUT2D eigenvalue weighted by Crippen LogP contribution is 2.16. The first-order valence-electron chi connectivity index (χ1n) is 28.6. The number of allylic oxidation sites excluding steroid dienone is 14. The van der Waals surface area contributed by atoms with Gasteiger partial charge in [-0.1, -0.05) is 247 Å². The molecule has 0 aromatic carbocycles. The summed E-state index contributed by atoms with van der Waals surface area (Å²) < 4.78 is 16.8. The van der Waals surface area contributed by atoms with Gasteiger partial charge in [-0.15, -0.1) is 0 Å². The van der Waals surface area contributed by atoms with Gasteiger partial charge in [0.2, 0.25) is 0 Å². The maximum absolute atomic E-state index is 12.9. The molecule has 1 unspecified atom stereocenters. The third kappa shape index (κ3) is 53.5. The zero-order valence-corrected chi connectivity index (χ0v) is 44.6. The maximum atomic E-state index is 12.9. The van der Waals surface area contributed by atoms with Crippen molar-refractivity contribution in [1.82, 2.24) is 0 Å². The molecule has 0 radical (unpaired) electrons. The summed E-state index contributed by atoms with van der Waals surface area (Å²) >= 11 is 0. The van der Waals surface area contributed by atoms with E-state index in [4.69, 9.17) is 14.2 Å². The second-order valence-electron chi connectivity index (χ2n) is 18.8. The van der Waals surface area contributed by atoms with Gasteiger partial charge in [0, 0.05) is 19.3 Å². The first-order valence-corrected chi connectivity index (χ1v) is 28.6. The fourth-order valence-corrected chi connectivity index (χ4v) is 7.86. The quantitative estimate of drug-likeness (QED) is 0.0262. The minimum absolute atomic E-state index is 0.0999. The Kier molecular flexibility index (Phi) is 53.4. The molecule has 0 heterocycles. The van der Waals surface area contributed by atoms with Crippen LogP contribution in [0.4, 0.5) is 0 Å². The molecule has 0 rings (SSSR count). The topological polar surface area (TPSA) is 78.9 Å². The first-order chi connectivity index (χ1) is 33.5. The molecular weight excluding hydrogens is 841 g/mol. The number of carbonyl (C=O) groups is 3. The highest BCUT2D eigenvalue weighted by Gasteiger charge is 2.19. The molecule has 0 fully saturated rings. The lowest BCUT2D eigenvalue weighted by molar-refractivity contribution is -0.167. The molecule has 0 aromatic rings. The highest BCUT2D eigenvalue weighted by atomic mass is 16.6. The van der Waals surface area contributed by atoms with E-state index in [2.05, 4.69) is 106 Å². The van der Waals surface area contributed by atoms with E-state index in [1.165, 1.54) is 122 Å². The normalized spacial score (nSPS) is 12.7. The number of unbranched alkanes of at least 4 members (excludes halogenated alkanes) is 26. The van der Waals surface area contributed by atoms with Gasteiger partial charge in [-0.3, -0.25) is 14.4 Å². The summed E-state index contributed by atoms with van der Waals surface area (Å²) in [6, 6.07) is 0. The monoisotopic (exact) mass is 947 g/mol. The number of ether oxygens (including phenoxy) is 3. The highest BCUT2D eigenvalue weighted by molar-refractivity contribution is 5.71. The van der Waals surface area contributed by atoms with Crippen LogP contribution in [-0.2, 0) is 28.6 Å². The third-order valence-electron chi connectivity index (χ3n) is 12.1. The van der Waals surface area contributed by atoms with Crippen molar-refractivity contribution in [2.45, 2.75) is 277 Å². The van der Waals surface area contributed by atoms with E-state index in [0.29, 0.717) is 19.3 Å². The van der Waals surface area contributed by atoms with Gasteiger partial charge in [0.05, 0.1) is 0 Å². The predicted molar refractivity (Wildman–Crippen MR) is 293 cm³/mol. The van der Waals surface area contributed by atoms with E-state index in [1.807, 2.05) is 0 Å². The summed E-state index contributed by atoms with van der Waals surface area (Å²) in [4.78, 5) is 38.1. The molecule has 6 nitrogen and oxygen atoms in total. The van der Waals surface area contributed by atoms with Gasteiger partial charge in [-0.25, -0.2) is 0 Å². The molecular formula is C62H106O6. The standard InChI is InChI=1S/C62H106O6/c1-4-7-10-13-16-19-22-25-28-31-34-37-40-43-46-49-52-55-61(64)67-58-59(57-66-60(63)54-51-48-45-42-39-36-33-30-27-24-21-18-15-12-9-6-3)68-62(65)56-53-50-47-44-41-38-35-32-29-26-23-20-17-14-11-8-5-2/h7,10,16,19,21,24-25,28,30,33-34,37,43,46,59H,4-6,8-9,11-15,17-18,20,22-23,26-27,29,31-32,35-36,38-42,44-45,47-58H2,1-3H3/b10-7-,19-16-,24-21-,28-25-,33-30-,37-34-,46-43-. The van der Waals surface area contributed by atoms with Crippen LogP contribution in [0.25, 0.3) is 0 Å². The zero-order valence-electron chi connectivity index (χ0n) is 44.6. The van der Waals surface area contributed by atoms with E-state index < -0.39 is 6.10 Å². The molecule has 0 amide bonds. The van der Waals surface area contributed by atoms with Gasteiger partial charge in [0.25, 0.3) is 0 Å². The summed E-state index contributed by atoms with van der Waals surface area (Å²) in [5.74, 6) is -0.965. The van der Waals surface area contributed by atoms with Crippen LogP contribution in [0.2, 0.25) is 0 Å². The number of carbonyl (C=O) groups excluding carboxylic acids is 3.